The van der Waals surface area contributed by atoms with Crippen LogP contribution >= 0.6 is 0 Å². The van der Waals surface area contributed by atoms with Gasteiger partial charge in [0.25, 0.3) is 0 Å². The zero-order valence-electron chi connectivity index (χ0n) is 14.0. The lowest BCUT2D eigenvalue weighted by Crippen LogP contribution is -2.43. The molecule has 1 aromatic heterocycles. The minimum atomic E-state index is -0.0522. The van der Waals surface area contributed by atoms with Gasteiger partial charge in [0.15, 0.2) is 0 Å². The molecule has 0 spiro atoms. The lowest BCUT2D eigenvalue weighted by Gasteiger charge is -2.34. The van der Waals surface area contributed by atoms with Crippen LogP contribution in [0.25, 0.3) is 0 Å². The first-order valence-corrected chi connectivity index (χ1v) is 8.54. The fraction of sp³-hybridized carbons (Fsp3) is 0.421. The van der Waals surface area contributed by atoms with Gasteiger partial charge in [0.05, 0.1) is 12.1 Å². The van der Waals surface area contributed by atoms with Crippen molar-refractivity contribution in [2.45, 2.75) is 38.2 Å². The molecule has 2 aromatic rings. The van der Waals surface area contributed by atoms with Crippen LogP contribution in [0.3, 0.4) is 0 Å². The number of ether oxygens (including phenoxy) is 1. The molecule has 126 valence electrons. The molecule has 0 unspecified atom stereocenters. The van der Waals surface area contributed by atoms with E-state index in [1.54, 1.807) is 18.6 Å². The number of aromatic nitrogens is 2. The summed E-state index contributed by atoms with van der Waals surface area (Å²) >= 11 is 0. The molecule has 3 rings (SSSR count). The molecule has 1 aromatic carbocycles. The van der Waals surface area contributed by atoms with Crippen LogP contribution in [0.1, 0.15) is 37.7 Å². The molecule has 0 N–H and O–H groups in total. The van der Waals surface area contributed by atoms with Crippen molar-refractivity contribution in [1.82, 2.24) is 14.9 Å². The highest BCUT2D eigenvalue weighted by Crippen LogP contribution is 2.25. The van der Waals surface area contributed by atoms with Crippen molar-refractivity contribution < 1.29 is 9.53 Å². The average Bonchev–Trinajstić information content (AvgIpc) is 2.65. The van der Waals surface area contributed by atoms with Crippen LogP contribution in [0.4, 0.5) is 0 Å². The smallest absolute Gasteiger partial charge is 0.232 e. The third kappa shape index (κ3) is 3.91. The first-order chi connectivity index (χ1) is 11.8. The van der Waals surface area contributed by atoms with Crippen molar-refractivity contribution in [3.05, 3.63) is 54.5 Å². The number of carbonyl (C=O) groups excluding carboxylic acids is 1. The Balaban J connectivity index is 1.56. The Hall–Kier alpha value is -2.43. The molecule has 1 saturated heterocycles. The molecule has 5 nitrogen and oxygen atoms in total. The van der Waals surface area contributed by atoms with E-state index in [9.17, 15) is 4.79 Å². The molecule has 1 atom stereocenters. The Bertz CT molecular complexity index is 640. The first-order valence-electron chi connectivity index (χ1n) is 8.54. The number of benzene rings is 1. The van der Waals surface area contributed by atoms with Crippen molar-refractivity contribution in [2.75, 3.05) is 13.1 Å². The summed E-state index contributed by atoms with van der Waals surface area (Å²) in [5.41, 5.74) is 1.10. The van der Waals surface area contributed by atoms with Gasteiger partial charge < -0.3 is 9.64 Å². The molecular formula is C19H23N3O2. The van der Waals surface area contributed by atoms with E-state index in [1.165, 1.54) is 0 Å². The van der Waals surface area contributed by atoms with Crippen LogP contribution in [0.15, 0.2) is 48.9 Å². The molecule has 0 radical (unpaired) electrons. The van der Waals surface area contributed by atoms with E-state index in [1.807, 2.05) is 35.2 Å². The number of piperidine rings is 1. The summed E-state index contributed by atoms with van der Waals surface area (Å²) in [6, 6.07) is 10.0. The van der Waals surface area contributed by atoms with Crippen LogP contribution in [0.5, 0.6) is 5.88 Å². The van der Waals surface area contributed by atoms with Crippen molar-refractivity contribution >= 4 is 5.91 Å². The fourth-order valence-corrected chi connectivity index (χ4v) is 3.17. The Labute approximate surface area is 142 Å². The van der Waals surface area contributed by atoms with Gasteiger partial charge >= 0.3 is 0 Å². The maximum absolute atomic E-state index is 12.9. The second-order valence-electron chi connectivity index (χ2n) is 6.06. The highest BCUT2D eigenvalue weighted by molar-refractivity contribution is 5.83. The van der Waals surface area contributed by atoms with Crippen molar-refractivity contribution in [2.24, 2.45) is 0 Å². The molecule has 1 amide bonds. The molecular weight excluding hydrogens is 302 g/mol. The third-order valence-corrected chi connectivity index (χ3v) is 4.49. The largest absolute Gasteiger partial charge is 0.473 e. The zero-order valence-corrected chi connectivity index (χ0v) is 14.0. The van der Waals surface area contributed by atoms with Gasteiger partial charge in [0.2, 0.25) is 11.8 Å². The fourth-order valence-electron chi connectivity index (χ4n) is 3.17. The number of carbonyl (C=O) groups is 1. The average molecular weight is 325 g/mol. The van der Waals surface area contributed by atoms with Gasteiger partial charge in [-0.2, -0.15) is 0 Å². The molecule has 24 heavy (non-hydrogen) atoms. The lowest BCUT2D eigenvalue weighted by atomic mass is 9.94. The Kier molecular flexibility index (Phi) is 5.41. The predicted octanol–water partition coefficient (Wildman–Crippen LogP) is 3.04. The van der Waals surface area contributed by atoms with E-state index in [0.29, 0.717) is 5.88 Å². The van der Waals surface area contributed by atoms with Gasteiger partial charge in [-0.05, 0) is 12.0 Å². The maximum Gasteiger partial charge on any atom is 0.232 e. The summed E-state index contributed by atoms with van der Waals surface area (Å²) in [7, 11) is 0. The summed E-state index contributed by atoms with van der Waals surface area (Å²) in [6.07, 6.45) is 7.45. The number of rotatable bonds is 5. The van der Waals surface area contributed by atoms with E-state index in [-0.39, 0.29) is 17.9 Å². The Morgan fingerprint density at radius 3 is 2.62 bits per heavy atom. The number of hydrogen-bond acceptors (Lipinski definition) is 4. The third-order valence-electron chi connectivity index (χ3n) is 4.49. The van der Waals surface area contributed by atoms with Crippen molar-refractivity contribution in [1.29, 1.82) is 0 Å². The molecule has 2 heterocycles. The maximum atomic E-state index is 12.9. The highest BCUT2D eigenvalue weighted by Gasteiger charge is 2.29. The van der Waals surface area contributed by atoms with Crippen molar-refractivity contribution in [3.8, 4) is 5.88 Å². The van der Waals surface area contributed by atoms with Gasteiger partial charge in [0, 0.05) is 38.3 Å². The number of hydrogen-bond donors (Lipinski definition) is 0. The SMILES string of the molecule is CC[C@@H](C(=O)N1CCC(Oc2cnccn2)CC1)c1ccccc1. The van der Waals surface area contributed by atoms with E-state index in [0.717, 1.165) is 37.9 Å². The number of likely N-dealkylation sites (tertiary alicyclic amines) is 1. The standard InChI is InChI=1S/C19H23N3O2/c1-2-17(15-6-4-3-5-7-15)19(23)22-12-8-16(9-13-22)24-18-14-20-10-11-21-18/h3-7,10-11,14,16-17H,2,8-9,12-13H2,1H3/t17-/m1/s1. The molecule has 0 bridgehead atoms. The highest BCUT2D eigenvalue weighted by atomic mass is 16.5. The number of nitrogens with zero attached hydrogens (tertiary/aromatic N) is 3. The van der Waals surface area contributed by atoms with Gasteiger partial charge in [0.1, 0.15) is 6.10 Å². The number of amides is 1. The van der Waals surface area contributed by atoms with Crippen molar-refractivity contribution in [3.63, 3.8) is 0 Å². The van der Waals surface area contributed by atoms with Crippen LogP contribution < -0.4 is 4.74 Å². The topological polar surface area (TPSA) is 55.3 Å². The molecule has 5 heteroatoms. The predicted molar refractivity (Wildman–Crippen MR) is 91.7 cm³/mol. The quantitative estimate of drug-likeness (QED) is 0.848. The molecule has 1 fully saturated rings. The Morgan fingerprint density at radius 1 is 1.25 bits per heavy atom. The van der Waals surface area contributed by atoms with Crippen LogP contribution in [0, 0.1) is 0 Å². The normalized spacial score (nSPS) is 16.6. The van der Waals surface area contributed by atoms with E-state index in [4.69, 9.17) is 4.74 Å². The first kappa shape index (κ1) is 16.4. The monoisotopic (exact) mass is 325 g/mol. The molecule has 0 aliphatic carbocycles. The van der Waals surface area contributed by atoms with Gasteiger partial charge in [-0.25, -0.2) is 4.98 Å². The molecule has 1 aliphatic heterocycles. The van der Waals surface area contributed by atoms with Crippen LogP contribution in [-0.2, 0) is 4.79 Å². The zero-order chi connectivity index (χ0) is 16.8. The second-order valence-corrected chi connectivity index (χ2v) is 6.06. The summed E-state index contributed by atoms with van der Waals surface area (Å²) in [6.45, 7) is 3.53. The van der Waals surface area contributed by atoms with E-state index >= 15 is 0 Å². The Morgan fingerprint density at radius 2 is 2.00 bits per heavy atom. The van der Waals surface area contributed by atoms with E-state index < -0.39 is 0 Å². The molecule has 0 saturated carbocycles. The van der Waals surface area contributed by atoms with Crippen LogP contribution in [-0.4, -0.2) is 40.0 Å². The second kappa shape index (κ2) is 7.90. The van der Waals surface area contributed by atoms with Crippen LogP contribution in [0.2, 0.25) is 0 Å². The summed E-state index contributed by atoms with van der Waals surface area (Å²) < 4.78 is 5.84. The minimum absolute atomic E-state index is 0.0522. The van der Waals surface area contributed by atoms with Gasteiger partial charge in [-0.3, -0.25) is 9.78 Å². The summed E-state index contributed by atoms with van der Waals surface area (Å²) in [5.74, 6) is 0.725. The summed E-state index contributed by atoms with van der Waals surface area (Å²) in [5, 5.41) is 0. The minimum Gasteiger partial charge on any atom is -0.473 e. The van der Waals surface area contributed by atoms with E-state index in [2.05, 4.69) is 16.9 Å². The summed E-state index contributed by atoms with van der Waals surface area (Å²) in [4.78, 5) is 23.0. The lowest BCUT2D eigenvalue weighted by molar-refractivity contribution is -0.134. The van der Waals surface area contributed by atoms with Gasteiger partial charge in [-0.1, -0.05) is 37.3 Å². The van der Waals surface area contributed by atoms with Gasteiger partial charge in [-0.15, -0.1) is 0 Å². The molecule has 1 aliphatic rings.